The van der Waals surface area contributed by atoms with Gasteiger partial charge in [-0.2, -0.15) is 23.2 Å². The van der Waals surface area contributed by atoms with Gasteiger partial charge in [0, 0.05) is 25.9 Å². The zero-order chi connectivity index (χ0) is 18.8. The molecule has 144 valence electrons. The maximum absolute atomic E-state index is 13.3. The molecule has 0 rings (SSSR count). The van der Waals surface area contributed by atoms with Crippen molar-refractivity contribution in [2.75, 3.05) is 13.1 Å². The quantitative estimate of drug-likeness (QED) is 0.265. The van der Waals surface area contributed by atoms with Crippen LogP contribution in [0.15, 0.2) is 0 Å². The molecule has 5 nitrogen and oxygen atoms in total. The first-order chi connectivity index (χ1) is 12.0. The summed E-state index contributed by atoms with van der Waals surface area (Å²) in [5.74, 6) is 0. The fourth-order valence-electron chi connectivity index (χ4n) is 2.73. The van der Waals surface area contributed by atoms with Crippen LogP contribution >= 0.6 is 0 Å². The molecule has 0 saturated carbocycles. The predicted octanol–water partition coefficient (Wildman–Crippen LogP) is 5.01. The molecule has 0 aliphatic rings. The van der Waals surface area contributed by atoms with Crippen molar-refractivity contribution >= 4 is 10.4 Å². The Morgan fingerprint density at radius 3 is 1.28 bits per heavy atom. The maximum Gasteiger partial charge on any atom is 0.374 e. The lowest BCUT2D eigenvalue weighted by molar-refractivity contribution is 0.362. The summed E-state index contributed by atoms with van der Waals surface area (Å²) in [6.45, 7) is 0.498. The van der Waals surface area contributed by atoms with Crippen molar-refractivity contribution in [1.29, 1.82) is 10.5 Å². The Bertz CT molecular complexity index is 467. The van der Waals surface area contributed by atoms with Crippen molar-refractivity contribution in [2.45, 2.75) is 89.9 Å². The van der Waals surface area contributed by atoms with Crippen molar-refractivity contribution in [3.8, 4) is 12.1 Å². The van der Waals surface area contributed by atoms with Crippen LogP contribution in [0.5, 0.6) is 0 Å². The third kappa shape index (κ3) is 16.1. The van der Waals surface area contributed by atoms with E-state index in [4.69, 9.17) is 10.5 Å². The third-order valence-electron chi connectivity index (χ3n) is 4.20. The van der Waals surface area contributed by atoms with Crippen molar-refractivity contribution < 1.29 is 12.3 Å². The van der Waals surface area contributed by atoms with Crippen LogP contribution in [-0.4, -0.2) is 25.8 Å². The van der Waals surface area contributed by atoms with Gasteiger partial charge in [-0.1, -0.05) is 55.3 Å². The molecule has 0 amide bonds. The van der Waals surface area contributed by atoms with E-state index in [-0.39, 0.29) is 13.1 Å². The summed E-state index contributed by atoms with van der Waals surface area (Å²) in [4.78, 5) is 0. The third-order valence-corrected chi connectivity index (χ3v) is 5.18. The minimum atomic E-state index is -4.61. The summed E-state index contributed by atoms with van der Waals surface area (Å²) in [5, 5.41) is 16.9. The Labute approximate surface area is 153 Å². The summed E-state index contributed by atoms with van der Waals surface area (Å²) in [7, 11) is -4.61. The van der Waals surface area contributed by atoms with Gasteiger partial charge in [-0.3, -0.25) is 0 Å². The average Bonchev–Trinajstić information content (AvgIpc) is 2.56. The lowest BCUT2D eigenvalue weighted by Gasteiger charge is -2.17. The van der Waals surface area contributed by atoms with Crippen LogP contribution in [0, 0.1) is 22.7 Å². The Morgan fingerprint density at radius 1 is 0.640 bits per heavy atom. The van der Waals surface area contributed by atoms with Crippen molar-refractivity contribution in [3.63, 3.8) is 0 Å². The second-order valence-electron chi connectivity index (χ2n) is 6.40. The molecule has 0 aliphatic carbocycles. The van der Waals surface area contributed by atoms with E-state index < -0.39 is 10.4 Å². The van der Waals surface area contributed by atoms with Crippen molar-refractivity contribution in [1.82, 2.24) is 4.31 Å². The van der Waals surface area contributed by atoms with Gasteiger partial charge in [-0.15, -0.1) is 0 Å². The lowest BCUT2D eigenvalue weighted by atomic mass is 10.1. The number of hydrogen-bond donors (Lipinski definition) is 0. The van der Waals surface area contributed by atoms with E-state index in [1.807, 2.05) is 0 Å². The van der Waals surface area contributed by atoms with Crippen molar-refractivity contribution in [2.24, 2.45) is 0 Å². The van der Waals surface area contributed by atoms with E-state index >= 15 is 0 Å². The summed E-state index contributed by atoms with van der Waals surface area (Å²) < 4.78 is 36.7. The smallest absolute Gasteiger partial charge is 0.198 e. The monoisotopic (exact) mass is 373 g/mol. The van der Waals surface area contributed by atoms with E-state index in [1.54, 1.807) is 0 Å². The molecule has 0 heterocycles. The van der Waals surface area contributed by atoms with Crippen molar-refractivity contribution in [3.05, 3.63) is 0 Å². The van der Waals surface area contributed by atoms with E-state index in [0.29, 0.717) is 25.7 Å². The first-order valence-electron chi connectivity index (χ1n) is 9.46. The molecule has 0 bridgehead atoms. The van der Waals surface area contributed by atoms with Gasteiger partial charge < -0.3 is 0 Å². The SMILES string of the molecule is N#CCCCCCCCCN(CCCCCCCCC#N)S(=O)(=O)F. The summed E-state index contributed by atoms with van der Waals surface area (Å²) in [5.41, 5.74) is 0. The summed E-state index contributed by atoms with van der Waals surface area (Å²) >= 11 is 0. The van der Waals surface area contributed by atoms with Gasteiger partial charge >= 0.3 is 10.4 Å². The minimum absolute atomic E-state index is 0.249. The van der Waals surface area contributed by atoms with Crippen LogP contribution in [0.1, 0.15) is 89.9 Å². The molecule has 0 fully saturated rings. The van der Waals surface area contributed by atoms with Crippen LogP contribution < -0.4 is 0 Å². The topological polar surface area (TPSA) is 85.0 Å². The van der Waals surface area contributed by atoms with Gasteiger partial charge in [-0.25, -0.2) is 0 Å². The fourth-order valence-corrected chi connectivity index (χ4v) is 3.42. The van der Waals surface area contributed by atoms with Crippen LogP contribution in [-0.2, 0) is 10.4 Å². The molecule has 0 radical (unpaired) electrons. The van der Waals surface area contributed by atoms with Gasteiger partial charge in [0.1, 0.15) is 0 Å². The normalized spacial score (nSPS) is 11.4. The van der Waals surface area contributed by atoms with Gasteiger partial charge in [-0.05, 0) is 25.7 Å². The largest absolute Gasteiger partial charge is 0.374 e. The second-order valence-corrected chi connectivity index (χ2v) is 7.74. The lowest BCUT2D eigenvalue weighted by Crippen LogP contribution is -2.30. The number of halogens is 1. The molecular formula is C18H32FN3O2S. The first-order valence-corrected chi connectivity index (χ1v) is 10.8. The van der Waals surface area contributed by atoms with Gasteiger partial charge in [0.05, 0.1) is 12.1 Å². The van der Waals surface area contributed by atoms with E-state index in [9.17, 15) is 12.3 Å². The Kier molecular flexibility index (Phi) is 15.5. The molecular weight excluding hydrogens is 341 g/mol. The molecule has 7 heteroatoms. The molecule has 0 unspecified atom stereocenters. The Morgan fingerprint density at radius 2 is 0.960 bits per heavy atom. The molecule has 0 atom stereocenters. The van der Waals surface area contributed by atoms with E-state index in [0.717, 1.165) is 68.5 Å². The highest BCUT2D eigenvalue weighted by Crippen LogP contribution is 2.13. The average molecular weight is 374 g/mol. The highest BCUT2D eigenvalue weighted by Gasteiger charge is 2.19. The second kappa shape index (κ2) is 16.3. The predicted molar refractivity (Wildman–Crippen MR) is 97.5 cm³/mol. The molecule has 0 aromatic rings. The molecule has 0 aromatic heterocycles. The van der Waals surface area contributed by atoms with Crippen LogP contribution in [0.2, 0.25) is 0 Å². The van der Waals surface area contributed by atoms with Crippen LogP contribution in [0.3, 0.4) is 0 Å². The molecule has 0 spiro atoms. The zero-order valence-electron chi connectivity index (χ0n) is 15.3. The minimum Gasteiger partial charge on any atom is -0.198 e. The summed E-state index contributed by atoms with van der Waals surface area (Å²) in [6.07, 6.45) is 12.2. The standard InChI is InChI=1S/C18H32FN3O2S/c19-25(23,24)22(17-13-9-5-1-3-7-11-15-20)18-14-10-6-2-4-8-12-16-21/h1-14,17-18H2. The van der Waals surface area contributed by atoms with E-state index in [2.05, 4.69) is 12.1 Å². The van der Waals surface area contributed by atoms with Crippen LogP contribution in [0.25, 0.3) is 0 Å². The summed E-state index contributed by atoms with van der Waals surface area (Å²) in [6, 6.07) is 4.23. The first kappa shape index (κ1) is 23.8. The Balaban J connectivity index is 3.74. The molecule has 0 aromatic carbocycles. The highest BCUT2D eigenvalue weighted by atomic mass is 32.3. The van der Waals surface area contributed by atoms with Gasteiger partial charge in [0.2, 0.25) is 0 Å². The Hall–Kier alpha value is -1.18. The fraction of sp³-hybridized carbons (Fsp3) is 0.889. The molecule has 0 N–H and O–H groups in total. The van der Waals surface area contributed by atoms with Gasteiger partial charge in [0.25, 0.3) is 0 Å². The molecule has 25 heavy (non-hydrogen) atoms. The molecule has 0 aliphatic heterocycles. The van der Waals surface area contributed by atoms with Gasteiger partial charge in [0.15, 0.2) is 0 Å². The number of hydrogen-bond acceptors (Lipinski definition) is 4. The number of unbranched alkanes of at least 4 members (excludes halogenated alkanes) is 12. The highest BCUT2D eigenvalue weighted by molar-refractivity contribution is 7.83. The number of rotatable bonds is 17. The maximum atomic E-state index is 13.3. The van der Waals surface area contributed by atoms with E-state index in [1.165, 1.54) is 0 Å². The molecule has 0 saturated heterocycles. The number of nitrogens with zero attached hydrogens (tertiary/aromatic N) is 3. The number of nitriles is 2. The van der Waals surface area contributed by atoms with Crippen LogP contribution in [0.4, 0.5) is 3.89 Å². The zero-order valence-corrected chi connectivity index (χ0v) is 16.1.